The maximum atomic E-state index is 12.5. The van der Waals surface area contributed by atoms with Crippen LogP contribution >= 0.6 is 0 Å². The Bertz CT molecular complexity index is 218. The SMILES string of the molecule is C=CC1(OC)C=CC(F)=CC1. The predicted octanol–water partition coefficient (Wildman–Crippen LogP) is 2.37. The summed E-state index contributed by atoms with van der Waals surface area (Å²) in [6.07, 6.45) is 6.76. The summed E-state index contributed by atoms with van der Waals surface area (Å²) < 4.78 is 17.6. The van der Waals surface area contributed by atoms with Crippen LogP contribution in [0.5, 0.6) is 0 Å². The van der Waals surface area contributed by atoms with Crippen LogP contribution in [-0.4, -0.2) is 12.7 Å². The molecule has 0 saturated carbocycles. The van der Waals surface area contributed by atoms with Gasteiger partial charge in [-0.05, 0) is 18.2 Å². The van der Waals surface area contributed by atoms with Gasteiger partial charge >= 0.3 is 0 Å². The Hall–Kier alpha value is -0.890. The molecule has 0 bridgehead atoms. The zero-order chi connectivity index (χ0) is 8.32. The number of methoxy groups -OCH3 is 1. The second kappa shape index (κ2) is 3.01. The van der Waals surface area contributed by atoms with Crippen molar-refractivity contribution in [2.24, 2.45) is 0 Å². The first kappa shape index (κ1) is 8.21. The molecule has 1 atom stereocenters. The van der Waals surface area contributed by atoms with Gasteiger partial charge in [-0.2, -0.15) is 0 Å². The van der Waals surface area contributed by atoms with Crippen LogP contribution in [0.25, 0.3) is 0 Å². The van der Waals surface area contributed by atoms with Gasteiger partial charge in [0.2, 0.25) is 0 Å². The zero-order valence-electron chi connectivity index (χ0n) is 6.51. The van der Waals surface area contributed by atoms with Crippen LogP contribution < -0.4 is 0 Å². The lowest BCUT2D eigenvalue weighted by molar-refractivity contribution is 0.0752. The van der Waals surface area contributed by atoms with Gasteiger partial charge in [-0.1, -0.05) is 12.7 Å². The first-order valence-electron chi connectivity index (χ1n) is 3.46. The molecule has 0 radical (unpaired) electrons. The van der Waals surface area contributed by atoms with Gasteiger partial charge in [0, 0.05) is 13.5 Å². The largest absolute Gasteiger partial charge is 0.370 e. The molecule has 1 rings (SSSR count). The van der Waals surface area contributed by atoms with Crippen LogP contribution in [0.4, 0.5) is 4.39 Å². The van der Waals surface area contributed by atoms with Gasteiger partial charge in [-0.3, -0.25) is 0 Å². The van der Waals surface area contributed by atoms with E-state index < -0.39 is 5.60 Å². The first-order valence-corrected chi connectivity index (χ1v) is 3.46. The number of hydrogen-bond donors (Lipinski definition) is 0. The highest BCUT2D eigenvalue weighted by Gasteiger charge is 2.23. The summed E-state index contributed by atoms with van der Waals surface area (Å²) >= 11 is 0. The average molecular weight is 154 g/mol. The molecular formula is C9H11FO. The molecule has 1 nitrogen and oxygen atoms in total. The summed E-state index contributed by atoms with van der Waals surface area (Å²) in [5.74, 6) is -0.209. The molecule has 0 fully saturated rings. The third kappa shape index (κ3) is 1.57. The van der Waals surface area contributed by atoms with Crippen molar-refractivity contribution in [3.05, 3.63) is 36.7 Å². The Kier molecular flexibility index (Phi) is 2.25. The Morgan fingerprint density at radius 3 is 2.91 bits per heavy atom. The Morgan fingerprint density at radius 1 is 1.82 bits per heavy atom. The van der Waals surface area contributed by atoms with Crippen LogP contribution in [0.2, 0.25) is 0 Å². The lowest BCUT2D eigenvalue weighted by Gasteiger charge is -2.25. The molecule has 2 heteroatoms. The molecule has 0 amide bonds. The molecule has 1 aliphatic rings. The maximum Gasteiger partial charge on any atom is 0.119 e. The Morgan fingerprint density at radius 2 is 2.55 bits per heavy atom. The molecule has 0 heterocycles. The molecule has 1 aliphatic carbocycles. The third-order valence-corrected chi connectivity index (χ3v) is 1.87. The van der Waals surface area contributed by atoms with Gasteiger partial charge in [0.25, 0.3) is 0 Å². The van der Waals surface area contributed by atoms with E-state index >= 15 is 0 Å². The van der Waals surface area contributed by atoms with E-state index in [0.29, 0.717) is 6.42 Å². The van der Waals surface area contributed by atoms with Crippen molar-refractivity contribution < 1.29 is 9.13 Å². The van der Waals surface area contributed by atoms with Crippen LogP contribution in [0.1, 0.15) is 6.42 Å². The molecule has 0 saturated heterocycles. The standard InChI is InChI=1S/C9H11FO/c1-3-9(11-2)6-4-8(10)5-7-9/h3-6H,1,7H2,2H3. The number of ether oxygens (including phenoxy) is 1. The van der Waals surface area contributed by atoms with Crippen molar-refractivity contribution in [3.8, 4) is 0 Å². The van der Waals surface area contributed by atoms with E-state index in [4.69, 9.17) is 4.74 Å². The Balaban J connectivity index is 2.79. The summed E-state index contributed by atoms with van der Waals surface area (Å²) in [4.78, 5) is 0. The van der Waals surface area contributed by atoms with E-state index in [1.165, 1.54) is 12.2 Å². The van der Waals surface area contributed by atoms with Gasteiger partial charge in [0.1, 0.15) is 11.4 Å². The van der Waals surface area contributed by atoms with E-state index in [-0.39, 0.29) is 5.83 Å². The van der Waals surface area contributed by atoms with Crippen molar-refractivity contribution in [2.75, 3.05) is 7.11 Å². The molecule has 1 unspecified atom stereocenters. The highest BCUT2D eigenvalue weighted by Crippen LogP contribution is 2.25. The molecule has 0 aliphatic heterocycles. The van der Waals surface area contributed by atoms with Crippen molar-refractivity contribution in [1.29, 1.82) is 0 Å². The van der Waals surface area contributed by atoms with Crippen molar-refractivity contribution in [2.45, 2.75) is 12.0 Å². The maximum absolute atomic E-state index is 12.5. The minimum absolute atomic E-state index is 0.209. The fraction of sp³-hybridized carbons (Fsp3) is 0.333. The number of hydrogen-bond acceptors (Lipinski definition) is 1. The van der Waals surface area contributed by atoms with Crippen molar-refractivity contribution >= 4 is 0 Å². The van der Waals surface area contributed by atoms with Gasteiger partial charge in [-0.25, -0.2) is 4.39 Å². The van der Waals surface area contributed by atoms with Gasteiger partial charge < -0.3 is 4.74 Å². The van der Waals surface area contributed by atoms with E-state index in [9.17, 15) is 4.39 Å². The number of rotatable bonds is 2. The van der Waals surface area contributed by atoms with Crippen LogP contribution in [0, 0.1) is 0 Å². The fourth-order valence-electron chi connectivity index (χ4n) is 1.000. The second-order valence-corrected chi connectivity index (χ2v) is 2.49. The zero-order valence-corrected chi connectivity index (χ0v) is 6.51. The summed E-state index contributed by atoms with van der Waals surface area (Å²) in [5, 5.41) is 0. The predicted molar refractivity (Wildman–Crippen MR) is 42.9 cm³/mol. The number of halogens is 1. The molecule has 0 aromatic heterocycles. The molecular weight excluding hydrogens is 143 g/mol. The minimum Gasteiger partial charge on any atom is -0.370 e. The molecule has 0 aromatic rings. The topological polar surface area (TPSA) is 9.23 Å². The summed E-state index contributed by atoms with van der Waals surface area (Å²) in [6, 6.07) is 0. The lowest BCUT2D eigenvalue weighted by atomic mass is 9.95. The van der Waals surface area contributed by atoms with Gasteiger partial charge in [0.05, 0.1) is 0 Å². The lowest BCUT2D eigenvalue weighted by Crippen LogP contribution is -2.26. The summed E-state index contributed by atoms with van der Waals surface area (Å²) in [5.41, 5.74) is -0.490. The smallest absolute Gasteiger partial charge is 0.119 e. The van der Waals surface area contributed by atoms with Crippen LogP contribution in [0.15, 0.2) is 36.7 Å². The first-order chi connectivity index (χ1) is 5.22. The van der Waals surface area contributed by atoms with Crippen molar-refractivity contribution in [1.82, 2.24) is 0 Å². The average Bonchev–Trinajstić information content (AvgIpc) is 2.07. The van der Waals surface area contributed by atoms with Crippen LogP contribution in [0.3, 0.4) is 0 Å². The normalized spacial score (nSPS) is 29.8. The second-order valence-electron chi connectivity index (χ2n) is 2.49. The third-order valence-electron chi connectivity index (χ3n) is 1.87. The van der Waals surface area contributed by atoms with E-state index in [0.717, 1.165) is 0 Å². The highest BCUT2D eigenvalue weighted by atomic mass is 19.1. The van der Waals surface area contributed by atoms with E-state index in [1.807, 2.05) is 0 Å². The molecule has 60 valence electrons. The van der Waals surface area contributed by atoms with Crippen LogP contribution in [-0.2, 0) is 4.74 Å². The van der Waals surface area contributed by atoms with E-state index in [2.05, 4.69) is 6.58 Å². The number of allylic oxidation sites excluding steroid dienone is 2. The van der Waals surface area contributed by atoms with E-state index in [1.54, 1.807) is 19.3 Å². The highest BCUT2D eigenvalue weighted by molar-refractivity contribution is 5.27. The molecule has 0 N–H and O–H groups in total. The fourth-order valence-corrected chi connectivity index (χ4v) is 1.000. The quantitative estimate of drug-likeness (QED) is 0.555. The molecule has 0 aromatic carbocycles. The molecule has 11 heavy (non-hydrogen) atoms. The summed E-state index contributed by atoms with van der Waals surface area (Å²) in [6.45, 7) is 3.62. The van der Waals surface area contributed by atoms with Gasteiger partial charge in [0.15, 0.2) is 0 Å². The monoisotopic (exact) mass is 154 g/mol. The summed E-state index contributed by atoms with van der Waals surface area (Å²) in [7, 11) is 1.59. The van der Waals surface area contributed by atoms with Gasteiger partial charge in [-0.15, -0.1) is 0 Å². The minimum atomic E-state index is -0.490. The Labute approximate surface area is 65.9 Å². The van der Waals surface area contributed by atoms with Crippen molar-refractivity contribution in [3.63, 3.8) is 0 Å². The molecule has 0 spiro atoms.